The third-order valence-corrected chi connectivity index (χ3v) is 14.4. The highest BCUT2D eigenvalue weighted by molar-refractivity contribution is 6.02. The number of carbonyl (C=O) groups excluding carboxylic acids is 3. The quantitative estimate of drug-likeness (QED) is 0.133. The zero-order valence-corrected chi connectivity index (χ0v) is 39.0. The first-order valence-corrected chi connectivity index (χ1v) is 24.2. The van der Waals surface area contributed by atoms with Crippen molar-refractivity contribution in [2.24, 2.45) is 0 Å². The monoisotopic (exact) mass is 934 g/mol. The maximum Gasteiger partial charge on any atom is 0.249 e. The van der Waals surface area contributed by atoms with Gasteiger partial charge >= 0.3 is 0 Å². The molecule has 1 aromatic carbocycles. The van der Waals surface area contributed by atoms with Crippen molar-refractivity contribution in [1.82, 2.24) is 54.9 Å². The summed E-state index contributed by atoms with van der Waals surface area (Å²) in [6.45, 7) is 12.8. The molecule has 0 bridgehead atoms. The first-order valence-electron chi connectivity index (χ1n) is 24.2. The minimum absolute atomic E-state index is 0.0485. The Labute approximate surface area is 393 Å². The molecule has 4 aliphatic heterocycles. The Morgan fingerprint density at radius 2 is 1.57 bits per heavy atom. The molecule has 8 heterocycles. The molecule has 4 N–H and O–H groups in total. The van der Waals surface area contributed by atoms with Gasteiger partial charge in [0.05, 0.1) is 16.5 Å². The molecule has 5 aliphatic rings. The molecule has 1 unspecified atom stereocenters. The van der Waals surface area contributed by atoms with Gasteiger partial charge in [0.15, 0.2) is 28.9 Å². The number of amides is 3. The first-order chi connectivity index (χ1) is 32.8. The van der Waals surface area contributed by atoms with Crippen molar-refractivity contribution in [2.45, 2.75) is 114 Å². The zero-order chi connectivity index (χ0) is 47.3. The summed E-state index contributed by atoms with van der Waals surface area (Å²) in [7, 11) is 0. The number of anilines is 3. The maximum atomic E-state index is 15.3. The third kappa shape index (κ3) is 9.36. The Morgan fingerprint density at radius 3 is 2.24 bits per heavy atom. The molecule has 4 aromatic heterocycles. The Hall–Kier alpha value is -6.15. The molecular formula is C48H60F2N14O4. The lowest BCUT2D eigenvalue weighted by Gasteiger charge is -2.43. The molecule has 20 heteroatoms. The average molecular weight is 935 g/mol. The van der Waals surface area contributed by atoms with Crippen LogP contribution in [0.2, 0.25) is 0 Å². The van der Waals surface area contributed by atoms with Gasteiger partial charge < -0.3 is 30.3 Å². The van der Waals surface area contributed by atoms with Crippen LogP contribution in [0, 0.1) is 11.6 Å². The predicted octanol–water partition coefficient (Wildman–Crippen LogP) is 5.42. The van der Waals surface area contributed by atoms with Crippen molar-refractivity contribution >= 4 is 45.9 Å². The Morgan fingerprint density at radius 1 is 0.868 bits per heavy atom. The van der Waals surface area contributed by atoms with Gasteiger partial charge in [0.2, 0.25) is 17.7 Å². The van der Waals surface area contributed by atoms with Crippen molar-refractivity contribution in [3.8, 4) is 22.8 Å². The molecule has 18 nitrogen and oxygen atoms in total. The molecule has 360 valence electrons. The summed E-state index contributed by atoms with van der Waals surface area (Å²) < 4.78 is 38.4. The van der Waals surface area contributed by atoms with E-state index in [9.17, 15) is 14.4 Å². The second-order valence-electron chi connectivity index (χ2n) is 20.1. The molecule has 1 saturated carbocycles. The number of piperazine rings is 1. The van der Waals surface area contributed by atoms with Gasteiger partial charge in [-0.3, -0.25) is 24.6 Å². The molecular weight excluding hydrogens is 875 g/mol. The van der Waals surface area contributed by atoms with E-state index in [2.05, 4.69) is 56.3 Å². The number of benzene rings is 1. The van der Waals surface area contributed by atoms with Crippen LogP contribution in [-0.2, 0) is 19.9 Å². The van der Waals surface area contributed by atoms with Gasteiger partial charge in [0.25, 0.3) is 0 Å². The first kappa shape index (κ1) is 45.6. The van der Waals surface area contributed by atoms with Gasteiger partial charge in [-0.05, 0) is 115 Å². The highest BCUT2D eigenvalue weighted by Crippen LogP contribution is 2.48. The third-order valence-electron chi connectivity index (χ3n) is 14.4. The number of imide groups is 1. The van der Waals surface area contributed by atoms with Crippen LogP contribution in [0.25, 0.3) is 33.8 Å². The lowest BCUT2D eigenvalue weighted by Crippen LogP contribution is -2.53. The van der Waals surface area contributed by atoms with Gasteiger partial charge in [0, 0.05) is 82.2 Å². The number of nitrogens with two attached hydrogens (primary N) is 1. The van der Waals surface area contributed by atoms with Crippen LogP contribution in [0.5, 0.6) is 0 Å². The number of halogens is 2. The number of likely N-dealkylation sites (tertiary alicyclic amines) is 2. The number of nitrogens with zero attached hydrogens (tertiary/aromatic N) is 11. The second-order valence-corrected chi connectivity index (χ2v) is 20.1. The van der Waals surface area contributed by atoms with Crippen LogP contribution in [0.15, 0.2) is 35.4 Å². The molecule has 5 aromatic rings. The molecule has 0 spiro atoms. The fourth-order valence-electron chi connectivity index (χ4n) is 10.5. The molecule has 5 fully saturated rings. The average Bonchev–Trinajstić information content (AvgIpc) is 3.94. The van der Waals surface area contributed by atoms with E-state index in [4.69, 9.17) is 25.3 Å². The van der Waals surface area contributed by atoms with E-state index >= 15 is 8.78 Å². The van der Waals surface area contributed by atoms with Gasteiger partial charge in [-0.15, -0.1) is 0 Å². The molecule has 1 atom stereocenters. The minimum Gasteiger partial charge on any atom is -0.383 e. The van der Waals surface area contributed by atoms with Crippen LogP contribution >= 0.6 is 0 Å². The van der Waals surface area contributed by atoms with Crippen molar-refractivity contribution in [1.29, 1.82) is 0 Å². The Balaban J connectivity index is 0.669. The summed E-state index contributed by atoms with van der Waals surface area (Å²) in [6, 6.07) is 2.13. The lowest BCUT2D eigenvalue weighted by atomic mass is 9.91. The molecule has 68 heavy (non-hydrogen) atoms. The summed E-state index contributed by atoms with van der Waals surface area (Å²) in [5.41, 5.74) is 9.64. The summed E-state index contributed by atoms with van der Waals surface area (Å²) in [4.78, 5) is 64.2. The van der Waals surface area contributed by atoms with Crippen molar-refractivity contribution in [2.75, 3.05) is 74.9 Å². The predicted molar refractivity (Wildman–Crippen MR) is 250 cm³/mol. The summed E-state index contributed by atoms with van der Waals surface area (Å²) in [6.07, 6.45) is 12.8. The van der Waals surface area contributed by atoms with E-state index in [1.54, 1.807) is 4.90 Å². The number of hydrogen-bond donors (Lipinski definition) is 3. The molecule has 3 amide bonds. The van der Waals surface area contributed by atoms with Crippen LogP contribution in [0.3, 0.4) is 0 Å². The zero-order valence-electron chi connectivity index (χ0n) is 39.0. The maximum absolute atomic E-state index is 15.3. The summed E-state index contributed by atoms with van der Waals surface area (Å²) in [5.74, 6) is 0.0918. The molecule has 10 rings (SSSR count). The largest absolute Gasteiger partial charge is 0.383 e. The number of carbonyl (C=O) groups is 3. The highest BCUT2D eigenvalue weighted by Gasteiger charge is 2.37. The van der Waals surface area contributed by atoms with Crippen LogP contribution in [0.4, 0.5) is 26.0 Å². The van der Waals surface area contributed by atoms with E-state index in [0.717, 1.165) is 81.5 Å². The van der Waals surface area contributed by atoms with Crippen LogP contribution in [-0.4, -0.2) is 138 Å². The molecule has 4 saturated heterocycles. The number of piperidine rings is 3. The number of fused-ring (bicyclic) bond motifs is 1. The highest BCUT2D eigenvalue weighted by atomic mass is 19.1. The summed E-state index contributed by atoms with van der Waals surface area (Å²) in [5, 5.41) is 15.2. The summed E-state index contributed by atoms with van der Waals surface area (Å²) >= 11 is 0. The van der Waals surface area contributed by atoms with Crippen molar-refractivity contribution in [3.63, 3.8) is 0 Å². The number of hydrogen-bond acceptors (Lipinski definition) is 15. The van der Waals surface area contributed by atoms with Crippen LogP contribution in [0.1, 0.15) is 108 Å². The van der Waals surface area contributed by atoms with Gasteiger partial charge in [-0.25, -0.2) is 33.4 Å². The van der Waals surface area contributed by atoms with Crippen molar-refractivity contribution < 1.29 is 27.7 Å². The van der Waals surface area contributed by atoms with Crippen LogP contribution < -0.4 is 21.3 Å². The lowest BCUT2D eigenvalue weighted by molar-refractivity contribution is -0.134. The smallest absolute Gasteiger partial charge is 0.249 e. The van der Waals surface area contributed by atoms with E-state index < -0.39 is 23.6 Å². The number of rotatable bonds is 12. The number of aromatic nitrogens is 7. The topological polar surface area (TPSA) is 210 Å². The normalized spacial score (nSPS) is 20.6. The Bertz CT molecular complexity index is 2650. The molecule has 0 radical (unpaired) electrons. The van der Waals surface area contributed by atoms with Crippen molar-refractivity contribution in [3.05, 3.63) is 53.8 Å². The Kier molecular flexibility index (Phi) is 12.6. The van der Waals surface area contributed by atoms with Gasteiger partial charge in [-0.1, -0.05) is 5.16 Å². The fraction of sp³-hybridized carbons (Fsp3) is 0.562. The SMILES string of the molecule is CC(C)(C)n1nc(-c2noc(C3CC3)c2-c2ncc(C3CCN(C(=O)CCCN4CCC(N5CCN(c6c(F)cc(NC7CCC(=O)NC7=O)cc6F)CC5)CC4)CC3)cn2)c2c(N)ncnc21. The number of nitrogens with one attached hydrogen (secondary N) is 2. The standard InChI is InChI=1S/C48H60F2N14O4/c1-48(2,3)64-46-39(44(51)54-27-55-46)40(58-64)41-38(43(68-59-41)29-6-7-29)45-52-25-30(26-53-45)28-10-17-62(18-11-28)37(66)5-4-14-60-15-12-32(13-16-60)61-19-21-63(22-20-61)42-33(49)23-31(24-34(42)50)56-35-8-9-36(65)57-47(35)67/h23-29,32,35,56H,4-22H2,1-3H3,(H2,51,54,55)(H,57,65,67). The van der Waals surface area contributed by atoms with E-state index in [1.807, 2.05) is 22.0 Å². The van der Waals surface area contributed by atoms with Gasteiger partial charge in [0.1, 0.15) is 35.3 Å². The fourth-order valence-corrected chi connectivity index (χ4v) is 10.5. The van der Waals surface area contributed by atoms with E-state index in [-0.39, 0.29) is 53.4 Å². The minimum atomic E-state index is -0.722. The van der Waals surface area contributed by atoms with Gasteiger partial charge in [-0.2, -0.15) is 5.10 Å². The van der Waals surface area contributed by atoms with E-state index in [0.29, 0.717) is 85.8 Å². The molecule has 1 aliphatic carbocycles. The van der Waals surface area contributed by atoms with E-state index in [1.165, 1.54) is 18.5 Å². The second kappa shape index (κ2) is 18.7. The number of nitrogen functional groups attached to an aromatic ring is 1.